The van der Waals surface area contributed by atoms with Crippen LogP contribution >= 0.6 is 0 Å². The molecule has 0 fully saturated rings. The molecule has 104 valence electrons. The van der Waals surface area contributed by atoms with Gasteiger partial charge in [-0.15, -0.1) is 0 Å². The molecule has 1 aliphatic rings. The molecule has 21 heavy (non-hydrogen) atoms. The molecule has 0 saturated heterocycles. The van der Waals surface area contributed by atoms with Crippen LogP contribution in [0.5, 0.6) is 0 Å². The Morgan fingerprint density at radius 2 is 1.90 bits per heavy atom. The van der Waals surface area contributed by atoms with E-state index in [0.717, 1.165) is 0 Å². The number of ether oxygens (including phenoxy) is 1. The molecule has 0 N–H and O–H groups in total. The minimum atomic E-state index is -0.516. The lowest BCUT2D eigenvalue weighted by molar-refractivity contribution is -0.355. The fraction of sp³-hybridized carbons (Fsp3) is 0.0625. The van der Waals surface area contributed by atoms with Gasteiger partial charge >= 0.3 is 5.97 Å². The smallest absolute Gasteiger partial charge is 0.337 e. The van der Waals surface area contributed by atoms with Crippen molar-refractivity contribution >= 4 is 23.2 Å². The van der Waals surface area contributed by atoms with E-state index >= 15 is 0 Å². The molecular formula is C16H11NO4. The lowest BCUT2D eigenvalue weighted by Crippen LogP contribution is -2.17. The molecule has 0 radical (unpaired) electrons. The zero-order chi connectivity index (χ0) is 15.0. The van der Waals surface area contributed by atoms with Crippen LogP contribution in [0.4, 0.5) is 5.69 Å². The topological polar surface area (TPSA) is 69.4 Å². The standard InChI is InChI=1S/C16H11NO4/c1-21-16(19)11-6-4-5-10(9-11)14-15(18)12-7-2-3-8-13(12)17(14)20/h2-9H,1H3. The van der Waals surface area contributed by atoms with Crippen molar-refractivity contribution in [2.45, 2.75) is 0 Å². The predicted octanol–water partition coefficient (Wildman–Crippen LogP) is 2.30. The Balaban J connectivity index is 2.12. The fourth-order valence-electron chi connectivity index (χ4n) is 2.34. The molecule has 3 rings (SSSR count). The van der Waals surface area contributed by atoms with Gasteiger partial charge in [0.1, 0.15) is 5.56 Å². The number of esters is 1. The summed E-state index contributed by atoms with van der Waals surface area (Å²) in [5.74, 6) is -0.861. The molecule has 0 atom stereocenters. The van der Waals surface area contributed by atoms with Crippen LogP contribution in [0.15, 0.2) is 48.5 Å². The van der Waals surface area contributed by atoms with E-state index in [1.165, 1.54) is 13.2 Å². The monoisotopic (exact) mass is 281 g/mol. The van der Waals surface area contributed by atoms with Gasteiger partial charge in [-0.1, -0.05) is 18.2 Å². The summed E-state index contributed by atoms with van der Waals surface area (Å²) in [7, 11) is 1.28. The Morgan fingerprint density at radius 3 is 2.62 bits per heavy atom. The Labute approximate surface area is 120 Å². The number of fused-ring (bicyclic) bond motifs is 1. The average Bonchev–Trinajstić information content (AvgIpc) is 2.78. The van der Waals surface area contributed by atoms with Crippen LogP contribution < -0.4 is 0 Å². The summed E-state index contributed by atoms with van der Waals surface area (Å²) in [6, 6.07) is 12.9. The summed E-state index contributed by atoms with van der Waals surface area (Å²) >= 11 is 0. The number of nitrogens with zero attached hydrogens (tertiary/aromatic N) is 1. The molecule has 5 heteroatoms. The number of ketones is 1. The van der Waals surface area contributed by atoms with Gasteiger partial charge in [-0.25, -0.2) is 4.79 Å². The molecule has 0 unspecified atom stereocenters. The average molecular weight is 281 g/mol. The molecule has 0 amide bonds. The maximum atomic E-state index is 12.4. The maximum Gasteiger partial charge on any atom is 0.337 e. The van der Waals surface area contributed by atoms with Crippen molar-refractivity contribution in [3.05, 3.63) is 70.4 Å². The highest BCUT2D eigenvalue weighted by Crippen LogP contribution is 2.27. The van der Waals surface area contributed by atoms with Gasteiger partial charge in [-0.3, -0.25) is 4.79 Å². The first kappa shape index (κ1) is 13.1. The van der Waals surface area contributed by atoms with Gasteiger partial charge in [0.15, 0.2) is 0 Å². The Morgan fingerprint density at radius 1 is 1.14 bits per heavy atom. The van der Waals surface area contributed by atoms with Crippen LogP contribution in [0.2, 0.25) is 0 Å². The summed E-state index contributed by atoms with van der Waals surface area (Å²) in [6.07, 6.45) is 0. The lowest BCUT2D eigenvalue weighted by Gasteiger charge is -2.03. The minimum Gasteiger partial charge on any atom is -0.618 e. The van der Waals surface area contributed by atoms with Crippen molar-refractivity contribution in [2.75, 3.05) is 7.11 Å². The normalized spacial score (nSPS) is 13.3. The summed E-state index contributed by atoms with van der Waals surface area (Å²) in [5.41, 5.74) is 1.39. The molecule has 1 aliphatic heterocycles. The summed E-state index contributed by atoms with van der Waals surface area (Å²) in [4.78, 5) is 23.9. The maximum absolute atomic E-state index is 12.4. The number of methoxy groups -OCH3 is 1. The number of carbonyl (C=O) groups is 2. The molecule has 0 bridgehead atoms. The number of hydrogen-bond acceptors (Lipinski definition) is 4. The largest absolute Gasteiger partial charge is 0.618 e. The number of para-hydroxylation sites is 1. The third kappa shape index (κ3) is 1.99. The van der Waals surface area contributed by atoms with Gasteiger partial charge in [0.25, 0.3) is 11.5 Å². The quantitative estimate of drug-likeness (QED) is 0.481. The van der Waals surface area contributed by atoms with Crippen molar-refractivity contribution in [3.63, 3.8) is 0 Å². The summed E-state index contributed by atoms with van der Waals surface area (Å²) in [5, 5.41) is 12.3. The van der Waals surface area contributed by atoms with Gasteiger partial charge < -0.3 is 9.94 Å². The molecule has 0 aromatic heterocycles. The summed E-state index contributed by atoms with van der Waals surface area (Å²) in [6.45, 7) is 0. The van der Waals surface area contributed by atoms with E-state index in [2.05, 4.69) is 4.74 Å². The second-order valence-electron chi connectivity index (χ2n) is 4.56. The van der Waals surface area contributed by atoms with Crippen molar-refractivity contribution in [3.8, 4) is 0 Å². The Bertz CT molecular complexity index is 792. The predicted molar refractivity (Wildman–Crippen MR) is 76.0 cm³/mol. The number of hydrogen-bond donors (Lipinski definition) is 0. The van der Waals surface area contributed by atoms with Gasteiger partial charge in [-0.05, 0) is 24.3 Å². The molecule has 1 heterocycles. The molecule has 0 aliphatic carbocycles. The molecule has 5 nitrogen and oxygen atoms in total. The van der Waals surface area contributed by atoms with E-state index in [-0.39, 0.29) is 11.5 Å². The van der Waals surface area contributed by atoms with Gasteiger partial charge in [0.2, 0.25) is 5.69 Å². The molecule has 0 saturated carbocycles. The van der Waals surface area contributed by atoms with Gasteiger partial charge in [0.05, 0.1) is 18.2 Å². The molecule has 2 aromatic rings. The number of carbonyl (C=O) groups excluding carboxylic acids is 2. The van der Waals surface area contributed by atoms with E-state index in [1.54, 1.807) is 42.5 Å². The van der Waals surface area contributed by atoms with Crippen LogP contribution in [-0.4, -0.2) is 29.3 Å². The van der Waals surface area contributed by atoms with Crippen LogP contribution in [-0.2, 0) is 4.74 Å². The van der Waals surface area contributed by atoms with Crippen molar-refractivity contribution < 1.29 is 19.1 Å². The zero-order valence-corrected chi connectivity index (χ0v) is 11.2. The number of rotatable bonds is 2. The third-order valence-electron chi connectivity index (χ3n) is 3.34. The highest BCUT2D eigenvalue weighted by Gasteiger charge is 2.36. The van der Waals surface area contributed by atoms with Gasteiger partial charge in [-0.2, -0.15) is 4.74 Å². The lowest BCUT2D eigenvalue weighted by atomic mass is 10.0. The fourth-order valence-corrected chi connectivity index (χ4v) is 2.34. The van der Waals surface area contributed by atoms with Crippen LogP contribution in [0, 0.1) is 5.21 Å². The zero-order valence-electron chi connectivity index (χ0n) is 11.2. The Hall–Kier alpha value is -2.95. The van der Waals surface area contributed by atoms with Gasteiger partial charge in [0, 0.05) is 6.07 Å². The molecule has 0 spiro atoms. The van der Waals surface area contributed by atoms with Crippen molar-refractivity contribution in [2.24, 2.45) is 0 Å². The van der Waals surface area contributed by atoms with Crippen LogP contribution in [0.3, 0.4) is 0 Å². The minimum absolute atomic E-state index is 0.0157. The van der Waals surface area contributed by atoms with E-state index in [9.17, 15) is 14.8 Å². The van der Waals surface area contributed by atoms with E-state index in [1.807, 2.05) is 0 Å². The van der Waals surface area contributed by atoms with Crippen LogP contribution in [0.1, 0.15) is 26.3 Å². The highest BCUT2D eigenvalue weighted by atomic mass is 16.5. The van der Waals surface area contributed by atoms with Crippen LogP contribution in [0.25, 0.3) is 0 Å². The van der Waals surface area contributed by atoms with Crippen molar-refractivity contribution in [1.82, 2.24) is 0 Å². The first-order chi connectivity index (χ1) is 10.1. The number of Topliss-reactive ketones (excluding diaryl/α,β-unsaturated/α-hetero) is 1. The summed E-state index contributed by atoms with van der Waals surface area (Å²) < 4.78 is 5.25. The molecule has 2 aromatic carbocycles. The first-order valence-corrected chi connectivity index (χ1v) is 6.30. The molecular weight excluding hydrogens is 270 g/mol. The van der Waals surface area contributed by atoms with E-state index < -0.39 is 5.97 Å². The SMILES string of the molecule is COC(=O)c1cccc(C2=[N+]([O-])c3ccccc3C2=O)c1. The van der Waals surface area contributed by atoms with E-state index in [0.29, 0.717) is 27.1 Å². The second-order valence-corrected chi connectivity index (χ2v) is 4.56. The number of benzene rings is 2. The second kappa shape index (κ2) is 4.86. The first-order valence-electron chi connectivity index (χ1n) is 6.30. The van der Waals surface area contributed by atoms with Crippen molar-refractivity contribution in [1.29, 1.82) is 0 Å². The third-order valence-corrected chi connectivity index (χ3v) is 3.34. The highest BCUT2D eigenvalue weighted by molar-refractivity contribution is 6.52. The van der Waals surface area contributed by atoms with E-state index in [4.69, 9.17) is 0 Å². The Kier molecular flexibility index (Phi) is 3.02.